The SMILES string of the molecule is C1CCC1.C=Cc1nccc(N2CC(OPO)C2)n1. The van der Waals surface area contributed by atoms with E-state index < -0.39 is 9.03 Å². The zero-order valence-corrected chi connectivity index (χ0v) is 12.0. The number of nitrogens with zero attached hydrogens (tertiary/aromatic N) is 3. The summed E-state index contributed by atoms with van der Waals surface area (Å²) in [5.74, 6) is 1.50. The lowest BCUT2D eigenvalue weighted by Crippen LogP contribution is -2.51. The summed E-state index contributed by atoms with van der Waals surface area (Å²) in [6.07, 6.45) is 9.45. The number of hydrogen-bond donors (Lipinski definition) is 1. The van der Waals surface area contributed by atoms with Crippen LogP contribution in [-0.2, 0) is 4.52 Å². The molecule has 3 rings (SSSR count). The standard InChI is InChI=1S/C9H12N3O2P.C4H8/c1-2-8-10-4-3-9(11-8)12-5-7(6-12)14-15-13;1-2-4-3-1/h2-4,7,13,15H,1,5-6H2;1-4H2. The number of hydrogen-bond acceptors (Lipinski definition) is 5. The average molecular weight is 281 g/mol. The summed E-state index contributed by atoms with van der Waals surface area (Å²) in [5, 5.41) is 0. The second kappa shape index (κ2) is 7.53. The number of anilines is 1. The van der Waals surface area contributed by atoms with Crippen molar-refractivity contribution in [1.82, 2.24) is 9.97 Å². The Labute approximate surface area is 115 Å². The Morgan fingerprint density at radius 1 is 1.37 bits per heavy atom. The highest BCUT2D eigenvalue weighted by molar-refractivity contribution is 7.25. The van der Waals surface area contributed by atoms with Crippen LogP contribution in [0.4, 0.5) is 5.82 Å². The first-order valence-corrected chi connectivity index (χ1v) is 7.44. The molecule has 1 N–H and O–H groups in total. The first kappa shape index (κ1) is 14.4. The fourth-order valence-electron chi connectivity index (χ4n) is 1.66. The predicted molar refractivity (Wildman–Crippen MR) is 78.2 cm³/mol. The smallest absolute Gasteiger partial charge is 0.153 e. The van der Waals surface area contributed by atoms with Gasteiger partial charge in [0.05, 0.1) is 6.10 Å². The third kappa shape index (κ3) is 4.23. The van der Waals surface area contributed by atoms with Crippen LogP contribution in [0.2, 0.25) is 0 Å². The third-order valence-corrected chi connectivity index (χ3v) is 3.67. The largest absolute Gasteiger partial charge is 0.352 e. The second-order valence-electron chi connectivity index (χ2n) is 4.63. The van der Waals surface area contributed by atoms with Crippen molar-refractivity contribution in [3.8, 4) is 0 Å². The molecule has 0 radical (unpaired) electrons. The first-order chi connectivity index (χ1) is 9.33. The van der Waals surface area contributed by atoms with Crippen molar-refractivity contribution in [2.24, 2.45) is 0 Å². The molecule has 1 saturated heterocycles. The highest BCUT2D eigenvalue weighted by atomic mass is 31.1. The van der Waals surface area contributed by atoms with E-state index in [1.807, 2.05) is 6.07 Å². The molecule has 104 valence electrons. The van der Waals surface area contributed by atoms with Crippen LogP contribution in [-0.4, -0.2) is 34.1 Å². The molecule has 2 heterocycles. The van der Waals surface area contributed by atoms with E-state index in [9.17, 15) is 0 Å². The van der Waals surface area contributed by atoms with Crippen LogP contribution < -0.4 is 4.90 Å². The van der Waals surface area contributed by atoms with Gasteiger partial charge in [-0.05, 0) is 12.1 Å². The summed E-state index contributed by atoms with van der Waals surface area (Å²) >= 11 is 0. The highest BCUT2D eigenvalue weighted by Gasteiger charge is 2.28. The molecule has 19 heavy (non-hydrogen) atoms. The molecule has 1 atom stereocenters. The van der Waals surface area contributed by atoms with Gasteiger partial charge in [-0.25, -0.2) is 9.97 Å². The zero-order valence-electron chi connectivity index (χ0n) is 11.0. The van der Waals surface area contributed by atoms with Crippen molar-refractivity contribution in [1.29, 1.82) is 0 Å². The van der Waals surface area contributed by atoms with Gasteiger partial charge in [0.25, 0.3) is 0 Å². The molecule has 1 aromatic rings. The first-order valence-electron chi connectivity index (χ1n) is 6.58. The summed E-state index contributed by atoms with van der Waals surface area (Å²) in [5.41, 5.74) is 0. The molecule has 1 unspecified atom stereocenters. The van der Waals surface area contributed by atoms with E-state index >= 15 is 0 Å². The van der Waals surface area contributed by atoms with E-state index in [4.69, 9.17) is 9.42 Å². The number of rotatable bonds is 4. The van der Waals surface area contributed by atoms with E-state index in [0.29, 0.717) is 5.82 Å². The van der Waals surface area contributed by atoms with Crippen molar-refractivity contribution in [2.45, 2.75) is 31.8 Å². The van der Waals surface area contributed by atoms with Crippen LogP contribution in [0, 0.1) is 0 Å². The lowest BCUT2D eigenvalue weighted by Gasteiger charge is -2.38. The predicted octanol–water partition coefficient (Wildman–Crippen LogP) is 2.39. The van der Waals surface area contributed by atoms with Crippen LogP contribution in [0.3, 0.4) is 0 Å². The molecule has 0 spiro atoms. The van der Waals surface area contributed by atoms with Gasteiger partial charge in [0.2, 0.25) is 0 Å². The minimum absolute atomic E-state index is 0.121. The molecule has 0 bridgehead atoms. The summed E-state index contributed by atoms with van der Waals surface area (Å²) < 4.78 is 5.06. The molecular weight excluding hydrogens is 261 g/mol. The summed E-state index contributed by atoms with van der Waals surface area (Å²) in [4.78, 5) is 19.0. The van der Waals surface area contributed by atoms with Crippen molar-refractivity contribution < 1.29 is 9.42 Å². The zero-order chi connectivity index (χ0) is 13.5. The fraction of sp³-hybridized carbons (Fsp3) is 0.538. The summed E-state index contributed by atoms with van der Waals surface area (Å²) in [6, 6.07) is 1.85. The molecule has 0 aromatic carbocycles. The Morgan fingerprint density at radius 3 is 2.58 bits per heavy atom. The average Bonchev–Trinajstić information content (AvgIpc) is 2.31. The van der Waals surface area contributed by atoms with Crippen LogP contribution in [0.1, 0.15) is 31.5 Å². The molecule has 5 nitrogen and oxygen atoms in total. The lowest BCUT2D eigenvalue weighted by molar-refractivity contribution is 0.177. The maximum absolute atomic E-state index is 8.59. The van der Waals surface area contributed by atoms with Gasteiger partial charge in [0, 0.05) is 19.3 Å². The monoisotopic (exact) mass is 281 g/mol. The molecule has 1 aliphatic carbocycles. The van der Waals surface area contributed by atoms with Crippen molar-refractivity contribution in [3.05, 3.63) is 24.7 Å². The Kier molecular flexibility index (Phi) is 5.70. The van der Waals surface area contributed by atoms with Gasteiger partial charge in [0.15, 0.2) is 14.9 Å². The van der Waals surface area contributed by atoms with E-state index in [0.717, 1.165) is 18.9 Å². The Balaban J connectivity index is 0.000000284. The number of aromatic nitrogens is 2. The van der Waals surface area contributed by atoms with E-state index in [2.05, 4.69) is 21.4 Å². The molecule has 1 saturated carbocycles. The Morgan fingerprint density at radius 2 is 2.05 bits per heavy atom. The van der Waals surface area contributed by atoms with Crippen molar-refractivity contribution >= 4 is 20.9 Å². The van der Waals surface area contributed by atoms with Crippen molar-refractivity contribution in [3.63, 3.8) is 0 Å². The minimum atomic E-state index is -0.434. The molecule has 2 fully saturated rings. The van der Waals surface area contributed by atoms with Gasteiger partial charge in [-0.3, -0.25) is 0 Å². The van der Waals surface area contributed by atoms with Crippen LogP contribution in [0.25, 0.3) is 6.08 Å². The minimum Gasteiger partial charge on any atom is -0.352 e. The van der Waals surface area contributed by atoms with Gasteiger partial charge in [0.1, 0.15) is 5.82 Å². The maximum atomic E-state index is 8.59. The topological polar surface area (TPSA) is 58.5 Å². The molecule has 1 aromatic heterocycles. The van der Waals surface area contributed by atoms with Crippen LogP contribution >= 0.6 is 9.03 Å². The Bertz CT molecular complexity index is 403. The van der Waals surface area contributed by atoms with Crippen LogP contribution in [0.15, 0.2) is 18.8 Å². The fourth-order valence-corrected chi connectivity index (χ4v) is 1.96. The van der Waals surface area contributed by atoms with Crippen LogP contribution in [0.5, 0.6) is 0 Å². The quantitative estimate of drug-likeness (QED) is 0.859. The summed E-state index contributed by atoms with van der Waals surface area (Å²) in [6.45, 7) is 5.15. The molecule has 6 heteroatoms. The van der Waals surface area contributed by atoms with E-state index in [1.54, 1.807) is 12.3 Å². The highest BCUT2D eigenvalue weighted by Crippen LogP contribution is 2.23. The molecule has 0 amide bonds. The third-order valence-electron chi connectivity index (χ3n) is 3.23. The van der Waals surface area contributed by atoms with Gasteiger partial charge in [-0.2, -0.15) is 0 Å². The Hall–Kier alpha value is -1.03. The van der Waals surface area contributed by atoms with Gasteiger partial charge in [-0.1, -0.05) is 32.3 Å². The maximum Gasteiger partial charge on any atom is 0.153 e. The molecule has 2 aliphatic rings. The normalized spacial score (nSPS) is 18.5. The van der Waals surface area contributed by atoms with Gasteiger partial charge >= 0.3 is 0 Å². The lowest BCUT2D eigenvalue weighted by atomic mass is 10.0. The van der Waals surface area contributed by atoms with Crippen molar-refractivity contribution in [2.75, 3.05) is 18.0 Å². The van der Waals surface area contributed by atoms with E-state index in [1.165, 1.54) is 25.7 Å². The molecular formula is C13H20N3O2P. The second-order valence-corrected chi connectivity index (χ2v) is 5.05. The molecule has 1 aliphatic heterocycles. The van der Waals surface area contributed by atoms with Gasteiger partial charge < -0.3 is 14.3 Å². The van der Waals surface area contributed by atoms with E-state index in [-0.39, 0.29) is 6.10 Å². The summed E-state index contributed by atoms with van der Waals surface area (Å²) in [7, 11) is -0.434. The van der Waals surface area contributed by atoms with Gasteiger partial charge in [-0.15, -0.1) is 0 Å².